The zero-order chi connectivity index (χ0) is 68.7. The Balaban J connectivity index is 0.769. The van der Waals surface area contributed by atoms with E-state index < -0.39 is 0 Å². The van der Waals surface area contributed by atoms with Crippen molar-refractivity contribution in [3.63, 3.8) is 0 Å². The number of fused-ring (bicyclic) bond motifs is 14. The average molecular weight is 1310 g/mol. The van der Waals surface area contributed by atoms with Crippen LogP contribution in [0.4, 0.5) is 0 Å². The summed E-state index contributed by atoms with van der Waals surface area (Å²) in [5.74, 6) is 3.68. The molecule has 6 heterocycles. The molecule has 0 amide bonds. The molecular formula is C96H74B2N2O2. The van der Waals surface area contributed by atoms with Crippen molar-refractivity contribution >= 4 is 89.8 Å². The Bertz CT molecular complexity index is 6210. The van der Waals surface area contributed by atoms with Gasteiger partial charge in [-0.3, -0.25) is 0 Å². The Morgan fingerprint density at radius 2 is 0.696 bits per heavy atom. The summed E-state index contributed by atoms with van der Waals surface area (Å²) in [5, 5.41) is 4.95. The standard InChI is InChI=1S/C96H74B2N2O2/c1-94(2,3)68-39-41-78-86(54-68)101-88-52-67(73-36-24-23-35-72(73)61-31-19-12-20-32-61)51-84-90(88)97(78)80-49-66(60-29-17-11-18-30-60)48-77-75-46-63(38-44-83(75)99(84)92(77)80)71-34-22-21-33-64(71)57-96(7,8)70-53-85-91-89(56-70)102-87-55-69(95(4,5)6)40-42-79(87)98(91)81-50-65(59-27-15-10-16-28-59)47-76-74-45-62(58-25-13-9-14-26-58)37-43-82(74)100(85)93(76)81/h9-56H,57H2,1-8H3. The van der Waals surface area contributed by atoms with E-state index in [9.17, 15) is 0 Å². The molecule has 0 saturated heterocycles. The van der Waals surface area contributed by atoms with E-state index in [4.69, 9.17) is 9.47 Å². The van der Waals surface area contributed by atoms with Crippen LogP contribution in [-0.4, -0.2) is 22.6 Å². The van der Waals surface area contributed by atoms with Crippen molar-refractivity contribution in [2.75, 3.05) is 0 Å². The first kappa shape index (κ1) is 60.4. The predicted molar refractivity (Wildman–Crippen MR) is 431 cm³/mol. The zero-order valence-electron chi connectivity index (χ0n) is 58.8. The van der Waals surface area contributed by atoms with Gasteiger partial charge in [0.1, 0.15) is 23.0 Å². The van der Waals surface area contributed by atoms with Crippen LogP contribution in [0, 0.1) is 0 Å². The lowest BCUT2D eigenvalue weighted by atomic mass is 9.34. The number of hydrogen-bond donors (Lipinski definition) is 0. The first-order valence-electron chi connectivity index (χ1n) is 36.2. The van der Waals surface area contributed by atoms with Crippen molar-refractivity contribution in [1.82, 2.24) is 9.13 Å². The van der Waals surface area contributed by atoms with Gasteiger partial charge in [0.05, 0.1) is 11.0 Å². The molecule has 0 N–H and O–H groups in total. The highest BCUT2D eigenvalue weighted by Crippen LogP contribution is 2.48. The average Bonchev–Trinajstić information content (AvgIpc) is 1.38. The van der Waals surface area contributed by atoms with Gasteiger partial charge in [0.15, 0.2) is 0 Å². The smallest absolute Gasteiger partial charge is 0.256 e. The Kier molecular flexibility index (Phi) is 13.1. The van der Waals surface area contributed by atoms with Crippen LogP contribution in [0.25, 0.3) is 122 Å². The lowest BCUT2D eigenvalue weighted by molar-refractivity contribution is 0.474. The molecule has 0 fully saturated rings. The summed E-state index contributed by atoms with van der Waals surface area (Å²) in [5.41, 5.74) is 33.4. The van der Waals surface area contributed by atoms with Crippen molar-refractivity contribution < 1.29 is 9.47 Å². The largest absolute Gasteiger partial charge is 0.458 e. The molecule has 4 nitrogen and oxygen atoms in total. The van der Waals surface area contributed by atoms with Gasteiger partial charge in [0.2, 0.25) is 0 Å². The van der Waals surface area contributed by atoms with Gasteiger partial charge in [-0.1, -0.05) is 274 Å². The number of ether oxygens (including phenoxy) is 2. The second-order valence-corrected chi connectivity index (χ2v) is 31.7. The lowest BCUT2D eigenvalue weighted by Gasteiger charge is -2.36. The number of benzene rings is 14. The Labute approximate surface area is 597 Å². The molecule has 6 heteroatoms. The SMILES string of the molecule is CC(C)(C)c1ccc2c(c1)Oc1cc(C(C)(C)Cc3ccccc3-c3ccc4c(c3)c3cc(-c5ccccc5)cc5c3n4-c3cc(-c4ccccc4-c4ccccc4)cc4c3B5c3ccc(C(C)(C)C)cc3O4)cc3c1B2c1cc(-c2ccccc2)cc2c4cc(-c5ccccc5)ccc4n-3c12. The monoisotopic (exact) mass is 1310 g/mol. The number of rotatable bonds is 9. The van der Waals surface area contributed by atoms with E-state index in [0.717, 1.165) is 40.7 Å². The van der Waals surface area contributed by atoms with Crippen LogP contribution in [0.3, 0.4) is 0 Å². The summed E-state index contributed by atoms with van der Waals surface area (Å²) in [6.07, 6.45) is 0.776. The molecule has 102 heavy (non-hydrogen) atoms. The maximum atomic E-state index is 7.48. The van der Waals surface area contributed by atoms with Gasteiger partial charge >= 0.3 is 0 Å². The fourth-order valence-corrected chi connectivity index (χ4v) is 17.7. The minimum atomic E-state index is -0.377. The quantitative estimate of drug-likeness (QED) is 0.135. The van der Waals surface area contributed by atoms with Crippen LogP contribution in [0.2, 0.25) is 0 Å². The maximum Gasteiger partial charge on any atom is 0.256 e. The molecule has 4 aliphatic rings. The molecule has 0 unspecified atom stereocenters. The third-order valence-corrected chi connectivity index (χ3v) is 22.9. The highest BCUT2D eigenvalue weighted by molar-refractivity contribution is 7.00. The Morgan fingerprint density at radius 1 is 0.284 bits per heavy atom. The number of nitrogens with zero attached hydrogens (tertiary/aromatic N) is 2. The number of hydrogen-bond acceptors (Lipinski definition) is 2. The first-order valence-corrected chi connectivity index (χ1v) is 36.2. The van der Waals surface area contributed by atoms with Crippen molar-refractivity contribution in [1.29, 1.82) is 0 Å². The molecule has 0 aliphatic carbocycles. The van der Waals surface area contributed by atoms with Crippen molar-refractivity contribution in [3.05, 3.63) is 313 Å². The molecular weight excluding hydrogens is 1230 g/mol. The molecule has 20 rings (SSSR count). The molecule has 16 aromatic rings. The van der Waals surface area contributed by atoms with E-state index >= 15 is 0 Å². The second-order valence-electron chi connectivity index (χ2n) is 31.7. The van der Waals surface area contributed by atoms with E-state index in [1.165, 1.54) is 166 Å². The van der Waals surface area contributed by atoms with Gasteiger partial charge < -0.3 is 18.6 Å². The van der Waals surface area contributed by atoms with Crippen molar-refractivity contribution in [3.8, 4) is 101 Å². The third kappa shape index (κ3) is 9.31. The van der Waals surface area contributed by atoms with Crippen LogP contribution in [0.1, 0.15) is 77.6 Å². The van der Waals surface area contributed by atoms with Gasteiger partial charge in [-0.2, -0.15) is 0 Å². The van der Waals surface area contributed by atoms with Crippen LogP contribution in [0.5, 0.6) is 23.0 Å². The second kappa shape index (κ2) is 22.2. The molecule has 486 valence electrons. The Hall–Kier alpha value is -11.6. The minimum Gasteiger partial charge on any atom is -0.458 e. The van der Waals surface area contributed by atoms with Crippen LogP contribution in [0.15, 0.2) is 291 Å². The van der Waals surface area contributed by atoms with Gasteiger partial charge in [-0.05, 0) is 217 Å². The normalized spacial score (nSPS) is 13.3. The van der Waals surface area contributed by atoms with Crippen molar-refractivity contribution in [2.45, 2.75) is 78.1 Å². The summed E-state index contributed by atoms with van der Waals surface area (Å²) < 4.78 is 20.0. The Morgan fingerprint density at radius 3 is 1.22 bits per heavy atom. The van der Waals surface area contributed by atoms with Gasteiger partial charge in [0, 0.05) is 44.0 Å². The van der Waals surface area contributed by atoms with Crippen molar-refractivity contribution in [2.24, 2.45) is 0 Å². The molecule has 0 atom stereocenters. The van der Waals surface area contributed by atoms with Crippen LogP contribution < -0.4 is 42.3 Å². The number of aromatic nitrogens is 2. The highest BCUT2D eigenvalue weighted by Gasteiger charge is 2.45. The lowest BCUT2D eigenvalue weighted by Crippen LogP contribution is -2.58. The molecule has 0 spiro atoms. The summed E-state index contributed by atoms with van der Waals surface area (Å²) in [4.78, 5) is 0. The minimum absolute atomic E-state index is 0.0644. The fraction of sp³-hybridized carbons (Fsp3) is 0.125. The topological polar surface area (TPSA) is 28.3 Å². The van der Waals surface area contributed by atoms with E-state index in [1.54, 1.807) is 0 Å². The van der Waals surface area contributed by atoms with Gasteiger partial charge in [-0.15, -0.1) is 0 Å². The van der Waals surface area contributed by atoms with Gasteiger partial charge in [-0.25, -0.2) is 0 Å². The van der Waals surface area contributed by atoms with Crippen LogP contribution >= 0.6 is 0 Å². The summed E-state index contributed by atoms with van der Waals surface area (Å²) in [6, 6.07) is 110. The van der Waals surface area contributed by atoms with E-state index in [0.29, 0.717) is 0 Å². The van der Waals surface area contributed by atoms with E-state index in [1.807, 2.05) is 0 Å². The molecule has 0 saturated carbocycles. The summed E-state index contributed by atoms with van der Waals surface area (Å²) in [7, 11) is 0. The fourth-order valence-electron chi connectivity index (χ4n) is 17.7. The molecule has 4 aliphatic heterocycles. The van der Waals surface area contributed by atoms with Crippen LogP contribution in [-0.2, 0) is 22.7 Å². The van der Waals surface area contributed by atoms with Gasteiger partial charge in [0.25, 0.3) is 13.4 Å². The molecule has 0 radical (unpaired) electrons. The summed E-state index contributed by atoms with van der Waals surface area (Å²) in [6.45, 7) is 18.5. The first-order chi connectivity index (χ1) is 49.6. The molecule has 2 aromatic heterocycles. The predicted octanol–water partition coefficient (Wildman–Crippen LogP) is 20.9. The van der Waals surface area contributed by atoms with E-state index in [-0.39, 0.29) is 29.7 Å². The zero-order valence-corrected chi connectivity index (χ0v) is 58.8. The summed E-state index contributed by atoms with van der Waals surface area (Å²) >= 11 is 0. The highest BCUT2D eigenvalue weighted by atomic mass is 16.5. The molecule has 14 aromatic carbocycles. The third-order valence-electron chi connectivity index (χ3n) is 22.9. The molecule has 0 bridgehead atoms. The van der Waals surface area contributed by atoms with E-state index in [2.05, 4.69) is 356 Å². The maximum absolute atomic E-state index is 7.48.